The van der Waals surface area contributed by atoms with E-state index < -0.39 is 16.1 Å². The zero-order valence-electron chi connectivity index (χ0n) is 21.2. The molecular formula is C29H22Cl3FN4O2S2. The summed E-state index contributed by atoms with van der Waals surface area (Å²) in [4.78, 5) is 0.0569. The zero-order chi connectivity index (χ0) is 29.0. The molecule has 6 nitrogen and oxygen atoms in total. The molecule has 1 unspecified atom stereocenters. The zero-order valence-corrected chi connectivity index (χ0v) is 25.1. The van der Waals surface area contributed by atoms with Crippen LogP contribution in [0.3, 0.4) is 0 Å². The van der Waals surface area contributed by atoms with Gasteiger partial charge in [0.1, 0.15) is 5.82 Å². The van der Waals surface area contributed by atoms with Crippen LogP contribution < -0.4 is 4.72 Å². The predicted molar refractivity (Wildman–Crippen MR) is 162 cm³/mol. The molecule has 4 aromatic carbocycles. The third-order valence-electron chi connectivity index (χ3n) is 6.11. The molecule has 12 heteroatoms. The first kappa shape index (κ1) is 29.6. The van der Waals surface area contributed by atoms with E-state index in [4.69, 9.17) is 34.8 Å². The average molecular weight is 648 g/mol. The standard InChI is InChI=1S/C29H22Cl3FN4O2S2/c30-21-8-13-24(14-9-21)41(38,39)36-26(16-19-4-2-1-3-5-19)28-34-35-29(40-18-20-6-11-23(33)12-7-20)37(28)27-15-10-22(31)17-25(27)32/h1-15,17,26,36H,16,18H2. The Labute approximate surface area is 256 Å². The van der Waals surface area contributed by atoms with Gasteiger partial charge in [0.05, 0.1) is 21.6 Å². The molecule has 0 radical (unpaired) electrons. The van der Waals surface area contributed by atoms with Crippen molar-refractivity contribution in [2.75, 3.05) is 0 Å². The van der Waals surface area contributed by atoms with E-state index in [9.17, 15) is 12.8 Å². The highest BCUT2D eigenvalue weighted by atomic mass is 35.5. The molecule has 210 valence electrons. The highest BCUT2D eigenvalue weighted by molar-refractivity contribution is 7.98. The van der Waals surface area contributed by atoms with Crippen LogP contribution in [0.4, 0.5) is 4.39 Å². The first-order chi connectivity index (χ1) is 19.7. The fourth-order valence-corrected chi connectivity index (χ4v) is 6.84. The molecule has 0 aliphatic carbocycles. The maximum Gasteiger partial charge on any atom is 0.241 e. The molecule has 1 N–H and O–H groups in total. The molecule has 0 amide bonds. The lowest BCUT2D eigenvalue weighted by Crippen LogP contribution is -2.32. The lowest BCUT2D eigenvalue weighted by Gasteiger charge is -2.21. The molecule has 0 bridgehead atoms. The van der Waals surface area contributed by atoms with Gasteiger partial charge in [0, 0.05) is 15.8 Å². The van der Waals surface area contributed by atoms with Crippen molar-refractivity contribution >= 4 is 56.6 Å². The van der Waals surface area contributed by atoms with E-state index in [-0.39, 0.29) is 17.1 Å². The minimum absolute atomic E-state index is 0.0569. The van der Waals surface area contributed by atoms with Crippen LogP contribution >= 0.6 is 46.6 Å². The van der Waals surface area contributed by atoms with Crippen molar-refractivity contribution in [2.24, 2.45) is 0 Å². The summed E-state index contributed by atoms with van der Waals surface area (Å²) < 4.78 is 45.0. The summed E-state index contributed by atoms with van der Waals surface area (Å²) in [5, 5.41) is 10.6. The van der Waals surface area contributed by atoms with Crippen molar-refractivity contribution in [1.29, 1.82) is 0 Å². The van der Waals surface area contributed by atoms with E-state index in [1.165, 1.54) is 48.2 Å². The number of nitrogens with one attached hydrogen (secondary N) is 1. The van der Waals surface area contributed by atoms with Crippen LogP contribution in [0.2, 0.25) is 15.1 Å². The van der Waals surface area contributed by atoms with Crippen molar-refractivity contribution in [3.05, 3.63) is 135 Å². The van der Waals surface area contributed by atoms with E-state index in [1.807, 2.05) is 30.3 Å². The van der Waals surface area contributed by atoms with Gasteiger partial charge in [-0.2, -0.15) is 0 Å². The average Bonchev–Trinajstić information content (AvgIpc) is 3.37. The van der Waals surface area contributed by atoms with E-state index in [1.54, 1.807) is 34.9 Å². The van der Waals surface area contributed by atoms with Gasteiger partial charge in [0.2, 0.25) is 10.0 Å². The molecule has 5 rings (SSSR count). The molecular weight excluding hydrogens is 626 g/mol. The van der Waals surface area contributed by atoms with Crippen LogP contribution in [0.5, 0.6) is 0 Å². The smallest absolute Gasteiger partial charge is 0.241 e. The number of hydrogen-bond acceptors (Lipinski definition) is 5. The van der Waals surface area contributed by atoms with Crippen LogP contribution in [-0.2, 0) is 22.2 Å². The molecule has 0 fully saturated rings. The third-order valence-corrected chi connectivity index (χ3v) is 9.38. The Morgan fingerprint density at radius 3 is 2.20 bits per heavy atom. The lowest BCUT2D eigenvalue weighted by atomic mass is 10.1. The monoisotopic (exact) mass is 646 g/mol. The van der Waals surface area contributed by atoms with Crippen LogP contribution in [0.1, 0.15) is 23.0 Å². The van der Waals surface area contributed by atoms with E-state index in [0.717, 1.165) is 11.1 Å². The first-order valence-corrected chi connectivity index (χ1v) is 15.9. The van der Waals surface area contributed by atoms with Crippen LogP contribution in [0, 0.1) is 5.82 Å². The van der Waals surface area contributed by atoms with Gasteiger partial charge in [-0.25, -0.2) is 17.5 Å². The molecule has 0 spiro atoms. The van der Waals surface area contributed by atoms with Gasteiger partial charge in [-0.05, 0) is 72.1 Å². The second kappa shape index (κ2) is 12.9. The van der Waals surface area contributed by atoms with Gasteiger partial charge < -0.3 is 0 Å². The van der Waals surface area contributed by atoms with Crippen LogP contribution in [0.15, 0.2) is 107 Å². The second-order valence-electron chi connectivity index (χ2n) is 9.00. The minimum atomic E-state index is -4.00. The Morgan fingerprint density at radius 2 is 1.51 bits per heavy atom. The number of sulfonamides is 1. The summed E-state index contributed by atoms with van der Waals surface area (Å²) in [6.45, 7) is 0. The van der Waals surface area contributed by atoms with Gasteiger partial charge >= 0.3 is 0 Å². The van der Waals surface area contributed by atoms with Crippen LogP contribution in [0.25, 0.3) is 5.69 Å². The molecule has 0 saturated carbocycles. The molecule has 1 aromatic heterocycles. The summed E-state index contributed by atoms with van der Waals surface area (Å²) in [5.74, 6) is 0.467. The van der Waals surface area contributed by atoms with Crippen molar-refractivity contribution in [3.8, 4) is 5.69 Å². The molecule has 1 heterocycles. The minimum Gasteiger partial charge on any atom is -0.271 e. The number of rotatable bonds is 10. The summed E-state index contributed by atoms with van der Waals surface area (Å²) in [7, 11) is -4.00. The normalized spacial score (nSPS) is 12.4. The van der Waals surface area contributed by atoms with E-state index in [2.05, 4.69) is 14.9 Å². The maximum absolute atomic E-state index is 13.5. The fraction of sp³-hybridized carbons (Fsp3) is 0.103. The van der Waals surface area contributed by atoms with Crippen molar-refractivity contribution in [3.63, 3.8) is 0 Å². The molecule has 0 aliphatic heterocycles. The summed E-state index contributed by atoms with van der Waals surface area (Å²) in [6, 6.07) is 25.7. The van der Waals surface area contributed by atoms with Crippen molar-refractivity contribution in [2.45, 2.75) is 28.3 Å². The third kappa shape index (κ3) is 7.30. The van der Waals surface area contributed by atoms with Gasteiger partial charge in [-0.15, -0.1) is 10.2 Å². The van der Waals surface area contributed by atoms with E-state index in [0.29, 0.717) is 37.5 Å². The van der Waals surface area contributed by atoms with Gasteiger partial charge in [-0.1, -0.05) is 89.0 Å². The summed E-state index contributed by atoms with van der Waals surface area (Å²) >= 11 is 20.2. The second-order valence-corrected chi connectivity index (χ2v) is 12.9. The Bertz CT molecular complexity index is 1750. The topological polar surface area (TPSA) is 76.9 Å². The van der Waals surface area contributed by atoms with E-state index >= 15 is 0 Å². The van der Waals surface area contributed by atoms with Gasteiger partial charge in [-0.3, -0.25) is 4.57 Å². The number of benzene rings is 4. The Morgan fingerprint density at radius 1 is 0.829 bits per heavy atom. The van der Waals surface area contributed by atoms with Crippen molar-refractivity contribution < 1.29 is 12.8 Å². The molecule has 1 atom stereocenters. The number of halogens is 4. The Kier molecular flexibility index (Phi) is 9.33. The molecule has 0 saturated heterocycles. The molecule has 41 heavy (non-hydrogen) atoms. The van der Waals surface area contributed by atoms with Gasteiger partial charge in [0.15, 0.2) is 11.0 Å². The van der Waals surface area contributed by atoms with Crippen LogP contribution in [-0.4, -0.2) is 23.2 Å². The number of thioether (sulfide) groups is 1. The summed E-state index contributed by atoms with van der Waals surface area (Å²) in [5.41, 5.74) is 2.29. The molecule has 5 aromatic rings. The number of aromatic nitrogens is 3. The maximum atomic E-state index is 13.5. The van der Waals surface area contributed by atoms with Gasteiger partial charge in [0.25, 0.3) is 0 Å². The van der Waals surface area contributed by atoms with Crippen molar-refractivity contribution in [1.82, 2.24) is 19.5 Å². The fourth-order valence-electron chi connectivity index (χ4n) is 4.12. The Hall–Kier alpha value is -2.92. The largest absolute Gasteiger partial charge is 0.271 e. The number of hydrogen-bond donors (Lipinski definition) is 1. The number of nitrogens with zero attached hydrogens (tertiary/aromatic N) is 3. The predicted octanol–water partition coefficient (Wildman–Crippen LogP) is 7.92. The quantitative estimate of drug-likeness (QED) is 0.156. The SMILES string of the molecule is O=S(=O)(NC(Cc1ccccc1)c1nnc(SCc2ccc(F)cc2)n1-c1ccc(Cl)cc1Cl)c1ccc(Cl)cc1. The molecule has 0 aliphatic rings. The Balaban J connectivity index is 1.59. The first-order valence-electron chi connectivity index (χ1n) is 12.3. The lowest BCUT2D eigenvalue weighted by molar-refractivity contribution is 0.537. The highest BCUT2D eigenvalue weighted by Gasteiger charge is 2.29. The highest BCUT2D eigenvalue weighted by Crippen LogP contribution is 2.34. The summed E-state index contributed by atoms with van der Waals surface area (Å²) in [6.07, 6.45) is 0.277.